The van der Waals surface area contributed by atoms with Gasteiger partial charge in [-0.25, -0.2) is 0 Å². The minimum absolute atomic E-state index is 0.0419. The second-order valence-corrected chi connectivity index (χ2v) is 5.19. The van der Waals surface area contributed by atoms with Crippen LogP contribution in [0.5, 0.6) is 5.75 Å². The van der Waals surface area contributed by atoms with E-state index < -0.39 is 0 Å². The minimum atomic E-state index is 0.0419. The van der Waals surface area contributed by atoms with Crippen molar-refractivity contribution in [2.75, 3.05) is 13.7 Å². The Balaban J connectivity index is 1.94. The van der Waals surface area contributed by atoms with Crippen LogP contribution >= 0.6 is 0 Å². The lowest BCUT2D eigenvalue weighted by Gasteiger charge is -2.12. The third-order valence-electron chi connectivity index (χ3n) is 3.75. The SMILES string of the molecule is COc1cc(COCC2CCCC2)ccc1/C(N)=N/O. The molecule has 0 aliphatic heterocycles. The highest BCUT2D eigenvalue weighted by atomic mass is 16.5. The Hall–Kier alpha value is -1.75. The van der Waals surface area contributed by atoms with E-state index in [-0.39, 0.29) is 5.84 Å². The molecule has 1 aromatic carbocycles. The van der Waals surface area contributed by atoms with E-state index in [2.05, 4.69) is 5.16 Å². The molecule has 0 bridgehead atoms. The van der Waals surface area contributed by atoms with Gasteiger partial charge in [-0.2, -0.15) is 0 Å². The molecule has 0 atom stereocenters. The number of nitrogens with zero attached hydrogens (tertiary/aromatic N) is 1. The first-order chi connectivity index (χ1) is 9.74. The zero-order valence-corrected chi connectivity index (χ0v) is 11.8. The zero-order valence-electron chi connectivity index (χ0n) is 11.8. The van der Waals surface area contributed by atoms with Gasteiger partial charge < -0.3 is 20.4 Å². The summed E-state index contributed by atoms with van der Waals surface area (Å²) in [6.45, 7) is 1.38. The van der Waals surface area contributed by atoms with Crippen LogP contribution in [0.3, 0.4) is 0 Å². The van der Waals surface area contributed by atoms with Crippen molar-refractivity contribution in [3.63, 3.8) is 0 Å². The standard InChI is InChI=1S/C15H22N2O3/c1-19-14-8-12(6-7-13(14)15(16)17-18)10-20-9-11-4-2-3-5-11/h6-8,11,18H,2-5,9-10H2,1H3,(H2,16,17). The highest BCUT2D eigenvalue weighted by Gasteiger charge is 2.15. The number of hydrogen-bond donors (Lipinski definition) is 2. The van der Waals surface area contributed by atoms with E-state index in [0.717, 1.165) is 12.2 Å². The van der Waals surface area contributed by atoms with Crippen molar-refractivity contribution < 1.29 is 14.7 Å². The summed E-state index contributed by atoms with van der Waals surface area (Å²) >= 11 is 0. The Morgan fingerprint density at radius 3 is 2.80 bits per heavy atom. The lowest BCUT2D eigenvalue weighted by atomic mass is 10.1. The van der Waals surface area contributed by atoms with Crippen LogP contribution in [0, 0.1) is 5.92 Å². The molecule has 0 aromatic heterocycles. The van der Waals surface area contributed by atoms with Crippen molar-refractivity contribution in [2.24, 2.45) is 16.8 Å². The van der Waals surface area contributed by atoms with Gasteiger partial charge in [-0.3, -0.25) is 0 Å². The van der Waals surface area contributed by atoms with Crippen LogP contribution in [0.15, 0.2) is 23.4 Å². The summed E-state index contributed by atoms with van der Waals surface area (Å²) in [7, 11) is 1.56. The summed E-state index contributed by atoms with van der Waals surface area (Å²) in [5, 5.41) is 11.7. The van der Waals surface area contributed by atoms with Crippen molar-refractivity contribution in [3.05, 3.63) is 29.3 Å². The third kappa shape index (κ3) is 3.63. The molecule has 5 heteroatoms. The van der Waals surface area contributed by atoms with Crippen LogP contribution in [0.4, 0.5) is 0 Å². The Bertz CT molecular complexity index is 468. The van der Waals surface area contributed by atoms with Crippen molar-refractivity contribution in [1.82, 2.24) is 0 Å². The number of oxime groups is 1. The number of amidine groups is 1. The maximum atomic E-state index is 8.72. The molecule has 1 aliphatic carbocycles. The molecule has 1 saturated carbocycles. The Labute approximate surface area is 119 Å². The number of hydrogen-bond acceptors (Lipinski definition) is 4. The Kier molecular flexibility index (Phi) is 5.24. The quantitative estimate of drug-likeness (QED) is 0.363. The lowest BCUT2D eigenvalue weighted by molar-refractivity contribution is 0.0887. The smallest absolute Gasteiger partial charge is 0.173 e. The van der Waals surface area contributed by atoms with Crippen LogP contribution in [0.2, 0.25) is 0 Å². The molecule has 2 rings (SSSR count). The van der Waals surface area contributed by atoms with Gasteiger partial charge in [0.2, 0.25) is 0 Å². The summed E-state index contributed by atoms with van der Waals surface area (Å²) in [4.78, 5) is 0. The topological polar surface area (TPSA) is 77.1 Å². The number of rotatable bonds is 6. The third-order valence-corrected chi connectivity index (χ3v) is 3.75. The minimum Gasteiger partial charge on any atom is -0.496 e. The van der Waals surface area contributed by atoms with Crippen LogP contribution in [0.1, 0.15) is 36.8 Å². The normalized spacial score (nSPS) is 16.6. The van der Waals surface area contributed by atoms with Crippen molar-refractivity contribution in [3.8, 4) is 5.75 Å². The fraction of sp³-hybridized carbons (Fsp3) is 0.533. The summed E-state index contributed by atoms with van der Waals surface area (Å²) in [6.07, 6.45) is 5.23. The zero-order chi connectivity index (χ0) is 14.4. The molecule has 3 N–H and O–H groups in total. The maximum absolute atomic E-state index is 8.72. The molecule has 0 unspecified atom stereocenters. The fourth-order valence-electron chi connectivity index (χ4n) is 2.61. The van der Waals surface area contributed by atoms with Gasteiger partial charge in [-0.05, 0) is 36.5 Å². The van der Waals surface area contributed by atoms with Gasteiger partial charge in [0.25, 0.3) is 0 Å². The predicted molar refractivity (Wildman–Crippen MR) is 77.1 cm³/mol. The first-order valence-corrected chi connectivity index (χ1v) is 6.97. The van der Waals surface area contributed by atoms with Gasteiger partial charge in [0.15, 0.2) is 5.84 Å². The molecular formula is C15H22N2O3. The van der Waals surface area contributed by atoms with E-state index in [4.69, 9.17) is 20.4 Å². The van der Waals surface area contributed by atoms with E-state index in [1.807, 2.05) is 12.1 Å². The predicted octanol–water partition coefficient (Wildman–Crippen LogP) is 2.50. The Morgan fingerprint density at radius 2 is 2.15 bits per heavy atom. The summed E-state index contributed by atoms with van der Waals surface area (Å²) in [5.41, 5.74) is 7.19. The van der Waals surface area contributed by atoms with Gasteiger partial charge in [0.1, 0.15) is 5.75 Å². The molecule has 1 aliphatic rings. The molecule has 0 amide bonds. The molecule has 110 valence electrons. The first kappa shape index (κ1) is 14.7. The number of benzene rings is 1. The highest BCUT2D eigenvalue weighted by Crippen LogP contribution is 2.25. The highest BCUT2D eigenvalue weighted by molar-refractivity contribution is 5.99. The summed E-state index contributed by atoms with van der Waals surface area (Å²) < 4.78 is 11.0. The van der Waals surface area contributed by atoms with E-state index >= 15 is 0 Å². The molecule has 0 spiro atoms. The second kappa shape index (κ2) is 7.14. The molecule has 0 saturated heterocycles. The van der Waals surface area contributed by atoms with Crippen LogP contribution in [-0.4, -0.2) is 24.8 Å². The molecule has 20 heavy (non-hydrogen) atoms. The first-order valence-electron chi connectivity index (χ1n) is 6.97. The van der Waals surface area contributed by atoms with Crippen molar-refractivity contribution >= 4 is 5.84 Å². The molecule has 0 radical (unpaired) electrons. The van der Waals surface area contributed by atoms with Gasteiger partial charge in [0.05, 0.1) is 19.3 Å². The van der Waals surface area contributed by atoms with Crippen molar-refractivity contribution in [1.29, 1.82) is 0 Å². The largest absolute Gasteiger partial charge is 0.496 e. The van der Waals surface area contributed by atoms with Gasteiger partial charge in [-0.15, -0.1) is 0 Å². The second-order valence-electron chi connectivity index (χ2n) is 5.19. The van der Waals surface area contributed by atoms with Gasteiger partial charge >= 0.3 is 0 Å². The van der Waals surface area contributed by atoms with Crippen LogP contribution < -0.4 is 10.5 Å². The van der Waals surface area contributed by atoms with Crippen molar-refractivity contribution in [2.45, 2.75) is 32.3 Å². The van der Waals surface area contributed by atoms with Crippen LogP contribution in [0.25, 0.3) is 0 Å². The van der Waals surface area contributed by atoms with Gasteiger partial charge in [-0.1, -0.05) is 24.1 Å². The summed E-state index contributed by atoms with van der Waals surface area (Å²) in [5.74, 6) is 1.34. The number of nitrogens with two attached hydrogens (primary N) is 1. The maximum Gasteiger partial charge on any atom is 0.173 e. The number of methoxy groups -OCH3 is 1. The van der Waals surface area contributed by atoms with Gasteiger partial charge in [0, 0.05) is 6.61 Å². The molecule has 0 heterocycles. The number of ether oxygens (including phenoxy) is 2. The molecule has 1 aromatic rings. The lowest BCUT2D eigenvalue weighted by Crippen LogP contribution is -2.14. The molecule has 1 fully saturated rings. The average Bonchev–Trinajstić information content (AvgIpc) is 2.99. The van der Waals surface area contributed by atoms with E-state index in [0.29, 0.717) is 23.8 Å². The molecular weight excluding hydrogens is 256 g/mol. The van der Waals surface area contributed by atoms with E-state index in [1.165, 1.54) is 25.7 Å². The molecule has 5 nitrogen and oxygen atoms in total. The average molecular weight is 278 g/mol. The monoisotopic (exact) mass is 278 g/mol. The van der Waals surface area contributed by atoms with Crippen LogP contribution in [-0.2, 0) is 11.3 Å². The summed E-state index contributed by atoms with van der Waals surface area (Å²) in [6, 6.07) is 5.55. The Morgan fingerprint density at radius 1 is 1.40 bits per heavy atom. The van der Waals surface area contributed by atoms with E-state index in [1.54, 1.807) is 13.2 Å². The fourth-order valence-corrected chi connectivity index (χ4v) is 2.61. The van der Waals surface area contributed by atoms with E-state index in [9.17, 15) is 0 Å².